The summed E-state index contributed by atoms with van der Waals surface area (Å²) in [5.41, 5.74) is 1.97. The SMILES string of the molecule is COCC#Cc1ccc([C@@H]2[C@@H](CO)N3C(=O)CN(C(=O)C4CC4)C[C@H]23)cc1. The van der Waals surface area contributed by atoms with Crippen molar-refractivity contribution in [2.45, 2.75) is 30.8 Å². The van der Waals surface area contributed by atoms with Crippen LogP contribution in [0.3, 0.4) is 0 Å². The largest absolute Gasteiger partial charge is 0.394 e. The molecule has 0 unspecified atom stereocenters. The van der Waals surface area contributed by atoms with Gasteiger partial charge in [0.25, 0.3) is 0 Å². The van der Waals surface area contributed by atoms with Gasteiger partial charge in [-0.15, -0.1) is 0 Å². The number of rotatable bonds is 4. The second-order valence-electron chi connectivity index (χ2n) is 7.49. The van der Waals surface area contributed by atoms with Gasteiger partial charge in [0.15, 0.2) is 0 Å². The van der Waals surface area contributed by atoms with Crippen molar-refractivity contribution in [3.05, 3.63) is 35.4 Å². The molecule has 3 atom stereocenters. The molecule has 1 aromatic carbocycles. The molecule has 1 saturated carbocycles. The molecule has 1 aliphatic carbocycles. The lowest BCUT2D eigenvalue weighted by Crippen LogP contribution is -2.73. The Bertz CT molecular complexity index is 791. The molecule has 3 aliphatic rings. The summed E-state index contributed by atoms with van der Waals surface area (Å²) >= 11 is 0. The van der Waals surface area contributed by atoms with Crippen LogP contribution < -0.4 is 0 Å². The maximum Gasteiger partial charge on any atom is 0.242 e. The third kappa shape index (κ3) is 3.33. The van der Waals surface area contributed by atoms with Crippen molar-refractivity contribution >= 4 is 11.8 Å². The molecule has 6 heteroatoms. The maximum atomic E-state index is 12.6. The molecule has 142 valence electrons. The summed E-state index contributed by atoms with van der Waals surface area (Å²) < 4.78 is 4.93. The van der Waals surface area contributed by atoms with Crippen LogP contribution in [0.2, 0.25) is 0 Å². The van der Waals surface area contributed by atoms with Gasteiger partial charge in [0.1, 0.15) is 6.61 Å². The number of methoxy groups -OCH3 is 1. The zero-order valence-corrected chi connectivity index (χ0v) is 15.4. The Labute approximate surface area is 159 Å². The number of ether oxygens (including phenoxy) is 1. The monoisotopic (exact) mass is 368 g/mol. The van der Waals surface area contributed by atoms with Crippen LogP contribution >= 0.6 is 0 Å². The number of aliphatic hydroxyl groups is 1. The van der Waals surface area contributed by atoms with Crippen molar-refractivity contribution in [2.75, 3.05) is 33.4 Å². The van der Waals surface area contributed by atoms with Gasteiger partial charge in [-0.25, -0.2) is 0 Å². The number of aliphatic hydroxyl groups excluding tert-OH is 1. The van der Waals surface area contributed by atoms with E-state index in [1.807, 2.05) is 24.3 Å². The van der Waals surface area contributed by atoms with Gasteiger partial charge in [0, 0.05) is 31.1 Å². The quantitative estimate of drug-likeness (QED) is 0.790. The summed E-state index contributed by atoms with van der Waals surface area (Å²) in [5, 5.41) is 9.83. The zero-order valence-electron chi connectivity index (χ0n) is 15.4. The average Bonchev–Trinajstić information content (AvgIpc) is 3.49. The molecule has 1 N–H and O–H groups in total. The van der Waals surface area contributed by atoms with Crippen molar-refractivity contribution in [1.29, 1.82) is 0 Å². The summed E-state index contributed by atoms with van der Waals surface area (Å²) in [7, 11) is 1.61. The van der Waals surface area contributed by atoms with Crippen LogP contribution in [0.15, 0.2) is 24.3 Å². The van der Waals surface area contributed by atoms with Gasteiger partial charge in [0.05, 0.1) is 25.2 Å². The predicted molar refractivity (Wildman–Crippen MR) is 98.7 cm³/mol. The number of carbonyl (C=O) groups is 2. The van der Waals surface area contributed by atoms with E-state index in [9.17, 15) is 14.7 Å². The number of fused-ring (bicyclic) bond motifs is 1. The first-order valence-corrected chi connectivity index (χ1v) is 9.42. The topological polar surface area (TPSA) is 70.1 Å². The Kier molecular flexibility index (Phi) is 4.90. The molecule has 0 spiro atoms. The fourth-order valence-corrected chi connectivity index (χ4v) is 4.25. The molecular formula is C21H24N2O4. The van der Waals surface area contributed by atoms with Gasteiger partial charge < -0.3 is 19.6 Å². The molecule has 6 nitrogen and oxygen atoms in total. The Balaban J connectivity index is 1.52. The van der Waals surface area contributed by atoms with Crippen LogP contribution in [-0.4, -0.2) is 72.2 Å². The van der Waals surface area contributed by atoms with Gasteiger partial charge in [-0.05, 0) is 30.5 Å². The molecule has 3 fully saturated rings. The second kappa shape index (κ2) is 7.34. The molecule has 27 heavy (non-hydrogen) atoms. The van der Waals surface area contributed by atoms with E-state index in [-0.39, 0.29) is 48.9 Å². The van der Waals surface area contributed by atoms with Gasteiger partial charge in [-0.3, -0.25) is 9.59 Å². The normalized spacial score (nSPS) is 26.7. The minimum absolute atomic E-state index is 0.0368. The first kappa shape index (κ1) is 18.0. The summed E-state index contributed by atoms with van der Waals surface area (Å²) in [4.78, 5) is 28.5. The van der Waals surface area contributed by atoms with Crippen LogP contribution in [0.25, 0.3) is 0 Å². The van der Waals surface area contributed by atoms with Gasteiger partial charge >= 0.3 is 0 Å². The fraction of sp³-hybridized carbons (Fsp3) is 0.524. The molecule has 1 aromatic rings. The van der Waals surface area contributed by atoms with E-state index in [0.717, 1.165) is 24.0 Å². The standard InChI is InChI=1S/C21H24N2O4/c1-27-10-2-3-14-4-6-15(7-5-14)20-17-11-22(21(26)16-8-9-16)12-19(25)23(17)18(20)13-24/h4-7,16-18,20,24H,8-13H2,1H3/t17-,18-,20+/m1/s1. The van der Waals surface area contributed by atoms with E-state index in [2.05, 4.69) is 11.8 Å². The summed E-state index contributed by atoms with van der Waals surface area (Å²) in [6.45, 7) is 1.01. The van der Waals surface area contributed by atoms with Gasteiger partial charge in [0.2, 0.25) is 11.8 Å². The van der Waals surface area contributed by atoms with E-state index < -0.39 is 0 Å². The Morgan fingerprint density at radius 3 is 2.67 bits per heavy atom. The van der Waals surface area contributed by atoms with Crippen molar-refractivity contribution < 1.29 is 19.4 Å². The highest BCUT2D eigenvalue weighted by Gasteiger charge is 2.55. The lowest BCUT2D eigenvalue weighted by Gasteiger charge is -2.58. The predicted octanol–water partition coefficient (Wildman–Crippen LogP) is 0.592. The van der Waals surface area contributed by atoms with Gasteiger partial charge in [-0.2, -0.15) is 0 Å². The molecule has 2 amide bonds. The number of piperazine rings is 1. The third-order valence-electron chi connectivity index (χ3n) is 5.74. The molecule has 2 saturated heterocycles. The molecule has 0 bridgehead atoms. The minimum atomic E-state index is -0.217. The molecular weight excluding hydrogens is 344 g/mol. The smallest absolute Gasteiger partial charge is 0.242 e. The van der Waals surface area contributed by atoms with Gasteiger partial charge in [-0.1, -0.05) is 24.0 Å². The average molecular weight is 368 g/mol. The Morgan fingerprint density at radius 2 is 2.04 bits per heavy atom. The summed E-state index contributed by atoms with van der Waals surface area (Å²) in [6.07, 6.45) is 1.87. The first-order chi connectivity index (χ1) is 13.1. The summed E-state index contributed by atoms with van der Waals surface area (Å²) in [5.74, 6) is 6.16. The molecule has 4 rings (SSSR count). The van der Waals surface area contributed by atoms with E-state index >= 15 is 0 Å². The maximum absolute atomic E-state index is 12.6. The second-order valence-corrected chi connectivity index (χ2v) is 7.49. The molecule has 0 radical (unpaired) electrons. The molecule has 0 aromatic heterocycles. The van der Waals surface area contributed by atoms with Crippen LogP contribution in [0.4, 0.5) is 0 Å². The number of benzene rings is 1. The van der Waals surface area contributed by atoms with E-state index in [1.54, 1.807) is 16.9 Å². The Morgan fingerprint density at radius 1 is 1.30 bits per heavy atom. The minimum Gasteiger partial charge on any atom is -0.394 e. The summed E-state index contributed by atoms with van der Waals surface area (Å²) in [6, 6.07) is 7.64. The zero-order chi connectivity index (χ0) is 19.0. The number of nitrogens with zero attached hydrogens (tertiary/aromatic N) is 2. The first-order valence-electron chi connectivity index (χ1n) is 9.42. The van der Waals surface area contributed by atoms with E-state index in [0.29, 0.717) is 13.2 Å². The van der Waals surface area contributed by atoms with E-state index in [4.69, 9.17) is 4.74 Å². The van der Waals surface area contributed by atoms with Crippen molar-refractivity contribution in [3.63, 3.8) is 0 Å². The van der Waals surface area contributed by atoms with Crippen LogP contribution in [0.1, 0.15) is 29.9 Å². The highest BCUT2D eigenvalue weighted by molar-refractivity contribution is 5.89. The van der Waals surface area contributed by atoms with Crippen LogP contribution in [0, 0.1) is 17.8 Å². The Hall–Kier alpha value is -2.36. The lowest BCUT2D eigenvalue weighted by atomic mass is 9.73. The van der Waals surface area contributed by atoms with Crippen LogP contribution in [-0.2, 0) is 14.3 Å². The number of amides is 2. The number of hydrogen-bond acceptors (Lipinski definition) is 4. The van der Waals surface area contributed by atoms with Crippen molar-refractivity contribution in [1.82, 2.24) is 9.80 Å². The van der Waals surface area contributed by atoms with E-state index in [1.165, 1.54) is 0 Å². The third-order valence-corrected chi connectivity index (χ3v) is 5.74. The number of hydrogen-bond donors (Lipinski definition) is 1. The van der Waals surface area contributed by atoms with Crippen molar-refractivity contribution in [3.8, 4) is 11.8 Å². The molecule has 2 heterocycles. The highest BCUT2D eigenvalue weighted by Crippen LogP contribution is 2.43. The van der Waals surface area contributed by atoms with Crippen LogP contribution in [0.5, 0.6) is 0 Å². The van der Waals surface area contributed by atoms with Crippen molar-refractivity contribution in [2.24, 2.45) is 5.92 Å². The highest BCUT2D eigenvalue weighted by atomic mass is 16.5. The number of carbonyl (C=O) groups excluding carboxylic acids is 2. The molecule has 2 aliphatic heterocycles. The lowest BCUT2D eigenvalue weighted by molar-refractivity contribution is -0.167. The fourth-order valence-electron chi connectivity index (χ4n) is 4.25.